The zero-order chi connectivity index (χ0) is 18.4. The first-order valence-electron chi connectivity index (χ1n) is 8.26. The van der Waals surface area contributed by atoms with Crippen molar-refractivity contribution in [3.8, 4) is 10.6 Å². The Hall–Kier alpha value is -2.21. The molecule has 1 heterocycles. The molecule has 1 unspecified atom stereocenters. The molecule has 25 heavy (non-hydrogen) atoms. The fourth-order valence-corrected chi connectivity index (χ4v) is 3.17. The Morgan fingerprint density at radius 2 is 1.92 bits per heavy atom. The fraction of sp³-hybridized carbons (Fsp3) is 0.421. The molecule has 6 heteroatoms. The number of thiazole rings is 1. The van der Waals surface area contributed by atoms with E-state index in [9.17, 15) is 14.7 Å². The van der Waals surface area contributed by atoms with Gasteiger partial charge in [0.15, 0.2) is 0 Å². The fourth-order valence-electron chi connectivity index (χ4n) is 2.35. The molecule has 1 amide bonds. The van der Waals surface area contributed by atoms with E-state index in [1.54, 1.807) is 0 Å². The number of carbonyl (C=O) groups excluding carboxylic acids is 1. The van der Waals surface area contributed by atoms with E-state index in [4.69, 9.17) is 0 Å². The first-order valence-corrected chi connectivity index (χ1v) is 9.14. The molecule has 0 saturated heterocycles. The van der Waals surface area contributed by atoms with Crippen LogP contribution in [0.1, 0.15) is 39.3 Å². The number of aromatic nitrogens is 1. The Morgan fingerprint density at radius 3 is 2.52 bits per heavy atom. The Bertz CT molecular complexity index is 720. The Labute approximate surface area is 152 Å². The minimum atomic E-state index is -0.999. The zero-order valence-corrected chi connectivity index (χ0v) is 15.6. The van der Waals surface area contributed by atoms with Crippen molar-refractivity contribution in [1.82, 2.24) is 10.3 Å². The molecule has 2 rings (SSSR count). The quantitative estimate of drug-likeness (QED) is 0.788. The third-order valence-electron chi connectivity index (χ3n) is 3.73. The van der Waals surface area contributed by atoms with Gasteiger partial charge in [0.25, 0.3) is 0 Å². The van der Waals surface area contributed by atoms with Crippen LogP contribution in [-0.2, 0) is 16.0 Å². The molecule has 2 aromatic rings. The van der Waals surface area contributed by atoms with Gasteiger partial charge in [-0.15, -0.1) is 11.3 Å². The van der Waals surface area contributed by atoms with Crippen LogP contribution >= 0.6 is 11.3 Å². The van der Waals surface area contributed by atoms with Gasteiger partial charge < -0.3 is 10.4 Å². The highest BCUT2D eigenvalue weighted by atomic mass is 32.1. The van der Waals surface area contributed by atoms with Crippen LogP contribution in [0, 0.1) is 5.41 Å². The van der Waals surface area contributed by atoms with Gasteiger partial charge in [0.1, 0.15) is 11.0 Å². The van der Waals surface area contributed by atoms with Gasteiger partial charge in [0, 0.05) is 10.9 Å². The lowest BCUT2D eigenvalue weighted by Gasteiger charge is -2.21. The second kappa shape index (κ2) is 8.25. The molecule has 0 aliphatic heterocycles. The number of rotatable bonds is 7. The van der Waals surface area contributed by atoms with Crippen LogP contribution in [0.15, 0.2) is 35.7 Å². The van der Waals surface area contributed by atoms with Gasteiger partial charge in [-0.3, -0.25) is 4.79 Å². The summed E-state index contributed by atoms with van der Waals surface area (Å²) in [5, 5.41) is 14.6. The van der Waals surface area contributed by atoms with Crippen molar-refractivity contribution in [3.63, 3.8) is 0 Å². The number of nitrogens with one attached hydrogen (secondary N) is 1. The number of carbonyl (C=O) groups is 2. The van der Waals surface area contributed by atoms with E-state index >= 15 is 0 Å². The Kier molecular flexibility index (Phi) is 6.31. The third kappa shape index (κ3) is 6.31. The van der Waals surface area contributed by atoms with Crippen LogP contribution in [0.5, 0.6) is 0 Å². The molecule has 0 radical (unpaired) electrons. The summed E-state index contributed by atoms with van der Waals surface area (Å²) in [7, 11) is 0. The molecule has 0 spiro atoms. The summed E-state index contributed by atoms with van der Waals surface area (Å²) in [6.45, 7) is 6.15. The molecule has 1 aromatic heterocycles. The molecule has 2 N–H and O–H groups in total. The minimum Gasteiger partial charge on any atom is -0.480 e. The van der Waals surface area contributed by atoms with E-state index in [0.29, 0.717) is 12.1 Å². The smallest absolute Gasteiger partial charge is 0.326 e. The van der Waals surface area contributed by atoms with Gasteiger partial charge in [0.2, 0.25) is 5.91 Å². The molecule has 0 fully saturated rings. The highest BCUT2D eigenvalue weighted by molar-refractivity contribution is 7.13. The lowest BCUT2D eigenvalue weighted by molar-refractivity contribution is -0.142. The number of aliphatic carboxylic acids is 1. The predicted octanol–water partition coefficient (Wildman–Crippen LogP) is 3.75. The number of amides is 1. The van der Waals surface area contributed by atoms with Crippen molar-refractivity contribution in [2.75, 3.05) is 0 Å². The molecule has 1 aromatic carbocycles. The Balaban J connectivity index is 1.94. The summed E-state index contributed by atoms with van der Waals surface area (Å²) in [5.41, 5.74) is 1.69. The monoisotopic (exact) mass is 360 g/mol. The number of nitrogens with zero attached hydrogens (tertiary/aromatic N) is 1. The van der Waals surface area contributed by atoms with Gasteiger partial charge in [-0.1, -0.05) is 51.1 Å². The van der Waals surface area contributed by atoms with Gasteiger partial charge in [-0.2, -0.15) is 0 Å². The van der Waals surface area contributed by atoms with Crippen LogP contribution in [0.25, 0.3) is 10.6 Å². The summed E-state index contributed by atoms with van der Waals surface area (Å²) in [6, 6.07) is 8.89. The summed E-state index contributed by atoms with van der Waals surface area (Å²) in [6.07, 6.45) is 1.22. The van der Waals surface area contributed by atoms with E-state index in [1.165, 1.54) is 11.3 Å². The normalized spacial score (nSPS) is 12.6. The Morgan fingerprint density at radius 1 is 1.24 bits per heavy atom. The van der Waals surface area contributed by atoms with Crippen LogP contribution in [0.3, 0.4) is 0 Å². The maximum absolute atomic E-state index is 12.2. The first kappa shape index (κ1) is 19.1. The number of benzene rings is 1. The van der Waals surface area contributed by atoms with Gasteiger partial charge >= 0.3 is 5.97 Å². The van der Waals surface area contributed by atoms with E-state index in [2.05, 4.69) is 10.3 Å². The van der Waals surface area contributed by atoms with Gasteiger partial charge in [-0.25, -0.2) is 9.78 Å². The van der Waals surface area contributed by atoms with E-state index in [1.807, 2.05) is 56.5 Å². The molecule has 134 valence electrons. The summed E-state index contributed by atoms with van der Waals surface area (Å²) < 4.78 is 0. The van der Waals surface area contributed by atoms with Crippen LogP contribution in [0.4, 0.5) is 0 Å². The standard InChI is InChI=1S/C19H24N2O3S/c1-19(2,3)10-9-15(18(23)24)21-16(22)11-14-12-25-17(20-14)13-7-5-4-6-8-13/h4-8,12,15H,9-11H2,1-3H3,(H,21,22)(H,23,24). The molecule has 5 nitrogen and oxygen atoms in total. The summed E-state index contributed by atoms with van der Waals surface area (Å²) >= 11 is 1.48. The largest absolute Gasteiger partial charge is 0.480 e. The lowest BCUT2D eigenvalue weighted by atomic mass is 9.88. The first-order chi connectivity index (χ1) is 11.7. The molecule has 0 bridgehead atoms. The van der Waals surface area contributed by atoms with Crippen molar-refractivity contribution in [3.05, 3.63) is 41.4 Å². The molecule has 0 aliphatic rings. The summed E-state index contributed by atoms with van der Waals surface area (Å²) in [4.78, 5) is 28.0. The molecule has 0 aliphatic carbocycles. The van der Waals surface area contributed by atoms with Gasteiger partial charge in [0.05, 0.1) is 12.1 Å². The van der Waals surface area contributed by atoms with E-state index in [0.717, 1.165) is 17.0 Å². The van der Waals surface area contributed by atoms with Crippen molar-refractivity contribution in [2.45, 2.75) is 46.1 Å². The topological polar surface area (TPSA) is 79.3 Å². The van der Waals surface area contributed by atoms with Crippen molar-refractivity contribution >= 4 is 23.2 Å². The van der Waals surface area contributed by atoms with Gasteiger partial charge in [-0.05, 0) is 18.3 Å². The van der Waals surface area contributed by atoms with Crippen molar-refractivity contribution in [2.24, 2.45) is 5.41 Å². The average Bonchev–Trinajstić information content (AvgIpc) is 2.99. The molecular weight excluding hydrogens is 336 g/mol. The second-order valence-corrected chi connectivity index (χ2v) is 8.10. The lowest BCUT2D eigenvalue weighted by Crippen LogP contribution is -2.42. The number of carboxylic acids is 1. The van der Waals surface area contributed by atoms with Crippen molar-refractivity contribution < 1.29 is 14.7 Å². The van der Waals surface area contributed by atoms with Crippen LogP contribution < -0.4 is 5.32 Å². The number of hydrogen-bond donors (Lipinski definition) is 2. The minimum absolute atomic E-state index is 0.0257. The second-order valence-electron chi connectivity index (χ2n) is 7.24. The molecule has 1 atom stereocenters. The van der Waals surface area contributed by atoms with E-state index < -0.39 is 12.0 Å². The van der Waals surface area contributed by atoms with Crippen molar-refractivity contribution in [1.29, 1.82) is 0 Å². The van der Waals surface area contributed by atoms with Crippen LogP contribution in [-0.4, -0.2) is 28.0 Å². The highest BCUT2D eigenvalue weighted by Gasteiger charge is 2.23. The maximum Gasteiger partial charge on any atom is 0.326 e. The highest BCUT2D eigenvalue weighted by Crippen LogP contribution is 2.24. The number of hydrogen-bond acceptors (Lipinski definition) is 4. The SMILES string of the molecule is CC(C)(C)CCC(NC(=O)Cc1csc(-c2ccccc2)n1)C(=O)O. The third-order valence-corrected chi connectivity index (χ3v) is 4.67. The molecule has 0 saturated carbocycles. The molecular formula is C19H24N2O3S. The zero-order valence-electron chi connectivity index (χ0n) is 14.8. The van der Waals surface area contributed by atoms with Crippen LogP contribution in [0.2, 0.25) is 0 Å². The average molecular weight is 360 g/mol. The summed E-state index contributed by atoms with van der Waals surface area (Å²) in [5.74, 6) is -1.31. The van der Waals surface area contributed by atoms with E-state index in [-0.39, 0.29) is 17.7 Å². The number of carboxylic acid groups (broad SMARTS) is 1. The maximum atomic E-state index is 12.2. The predicted molar refractivity (Wildman–Crippen MR) is 99.5 cm³/mol.